The highest BCUT2D eigenvalue weighted by atomic mass is 19.4. The summed E-state index contributed by atoms with van der Waals surface area (Å²) < 4.78 is 39.3. The van der Waals surface area contributed by atoms with Gasteiger partial charge < -0.3 is 10.6 Å². The van der Waals surface area contributed by atoms with Gasteiger partial charge in [0.1, 0.15) is 12.1 Å². The first-order valence-corrected chi connectivity index (χ1v) is 9.64. The van der Waals surface area contributed by atoms with Crippen LogP contribution in [0.5, 0.6) is 0 Å². The summed E-state index contributed by atoms with van der Waals surface area (Å²) in [6.07, 6.45) is -4.66. The SMILES string of the molecule is CC(C)c1ccc(C2(C)NC(=O)N(CC(=O)Nc3ccccc3C(F)(F)F)C2=O)cc1. The van der Waals surface area contributed by atoms with Gasteiger partial charge in [0.05, 0.1) is 11.3 Å². The summed E-state index contributed by atoms with van der Waals surface area (Å²) >= 11 is 0. The van der Waals surface area contributed by atoms with Crippen molar-refractivity contribution in [2.45, 2.75) is 38.4 Å². The molecule has 1 heterocycles. The number of anilines is 1. The molecule has 0 radical (unpaired) electrons. The molecule has 1 aliphatic heterocycles. The predicted octanol–water partition coefficient (Wildman–Crippen LogP) is 4.23. The van der Waals surface area contributed by atoms with Crippen LogP contribution < -0.4 is 10.6 Å². The van der Waals surface area contributed by atoms with Crippen LogP contribution in [-0.4, -0.2) is 29.3 Å². The predicted molar refractivity (Wildman–Crippen MR) is 108 cm³/mol. The number of imide groups is 1. The Labute approximate surface area is 177 Å². The maximum Gasteiger partial charge on any atom is 0.418 e. The van der Waals surface area contributed by atoms with Crippen molar-refractivity contribution in [3.8, 4) is 0 Å². The third kappa shape index (κ3) is 4.40. The number of carbonyl (C=O) groups excluding carboxylic acids is 3. The van der Waals surface area contributed by atoms with Gasteiger partial charge in [-0.05, 0) is 36.1 Å². The van der Waals surface area contributed by atoms with Gasteiger partial charge in [-0.3, -0.25) is 14.5 Å². The van der Waals surface area contributed by atoms with Gasteiger partial charge in [-0.15, -0.1) is 0 Å². The topological polar surface area (TPSA) is 78.5 Å². The minimum atomic E-state index is -4.66. The zero-order valence-corrected chi connectivity index (χ0v) is 17.2. The highest BCUT2D eigenvalue weighted by molar-refractivity contribution is 6.10. The number of amides is 4. The van der Waals surface area contributed by atoms with Crippen molar-refractivity contribution in [2.75, 3.05) is 11.9 Å². The van der Waals surface area contributed by atoms with E-state index in [-0.39, 0.29) is 5.92 Å². The lowest BCUT2D eigenvalue weighted by molar-refractivity contribution is -0.137. The monoisotopic (exact) mass is 433 g/mol. The van der Waals surface area contributed by atoms with Gasteiger partial charge in [0, 0.05) is 0 Å². The Morgan fingerprint density at radius 1 is 1.10 bits per heavy atom. The van der Waals surface area contributed by atoms with E-state index < -0.39 is 47.4 Å². The average Bonchev–Trinajstić information content (AvgIpc) is 2.91. The molecule has 1 saturated heterocycles. The molecule has 1 unspecified atom stereocenters. The third-order valence-corrected chi connectivity index (χ3v) is 5.24. The molecular weight excluding hydrogens is 411 g/mol. The lowest BCUT2D eigenvalue weighted by atomic mass is 9.90. The Bertz CT molecular complexity index is 1020. The molecule has 2 aromatic carbocycles. The number of nitrogens with one attached hydrogen (secondary N) is 2. The molecule has 164 valence electrons. The van der Waals surface area contributed by atoms with Gasteiger partial charge in [0.15, 0.2) is 0 Å². The van der Waals surface area contributed by atoms with Crippen LogP contribution in [0.25, 0.3) is 0 Å². The number of halogens is 3. The minimum absolute atomic E-state index is 0.287. The number of hydrogen-bond acceptors (Lipinski definition) is 3. The van der Waals surface area contributed by atoms with Gasteiger partial charge in [0.25, 0.3) is 5.91 Å². The summed E-state index contributed by atoms with van der Waals surface area (Å²) in [7, 11) is 0. The van der Waals surface area contributed by atoms with Crippen molar-refractivity contribution in [1.29, 1.82) is 0 Å². The number of rotatable bonds is 5. The second-order valence-electron chi connectivity index (χ2n) is 7.81. The van der Waals surface area contributed by atoms with Crippen LogP contribution in [0.3, 0.4) is 0 Å². The number of hydrogen-bond donors (Lipinski definition) is 2. The molecule has 0 aliphatic carbocycles. The fourth-order valence-corrected chi connectivity index (χ4v) is 3.41. The van der Waals surface area contributed by atoms with Crippen LogP contribution in [0.1, 0.15) is 43.4 Å². The van der Waals surface area contributed by atoms with Gasteiger partial charge in [-0.1, -0.05) is 50.2 Å². The minimum Gasteiger partial charge on any atom is -0.324 e. The number of nitrogens with zero attached hydrogens (tertiary/aromatic N) is 1. The van der Waals surface area contributed by atoms with E-state index in [4.69, 9.17) is 0 Å². The Hall–Kier alpha value is -3.36. The summed E-state index contributed by atoms with van der Waals surface area (Å²) in [6.45, 7) is 4.86. The molecule has 0 aromatic heterocycles. The summed E-state index contributed by atoms with van der Waals surface area (Å²) in [5.41, 5.74) is -1.24. The molecule has 4 amide bonds. The van der Waals surface area contributed by atoms with E-state index >= 15 is 0 Å². The molecule has 0 spiro atoms. The highest BCUT2D eigenvalue weighted by Gasteiger charge is 2.49. The Morgan fingerprint density at radius 2 is 1.71 bits per heavy atom. The number of carbonyl (C=O) groups is 3. The van der Waals surface area contributed by atoms with E-state index in [1.54, 1.807) is 12.1 Å². The lowest BCUT2D eigenvalue weighted by Crippen LogP contribution is -2.42. The number of para-hydroxylation sites is 1. The normalized spacial score (nSPS) is 19.0. The van der Waals surface area contributed by atoms with Gasteiger partial charge in [0.2, 0.25) is 5.91 Å². The standard InChI is InChI=1S/C22H22F3N3O3/c1-13(2)14-8-10-15(11-9-14)21(3)19(30)28(20(31)27-21)12-18(29)26-17-7-5-4-6-16(17)22(23,24)25/h4-11,13H,12H2,1-3H3,(H,26,29)(H,27,31). The van der Waals surface area contributed by atoms with Crippen molar-refractivity contribution in [3.05, 3.63) is 65.2 Å². The maximum atomic E-state index is 13.1. The molecule has 0 bridgehead atoms. The van der Waals surface area contributed by atoms with Crippen LogP contribution in [0.4, 0.5) is 23.7 Å². The van der Waals surface area contributed by atoms with Gasteiger partial charge >= 0.3 is 12.2 Å². The van der Waals surface area contributed by atoms with Crippen LogP contribution in [0.15, 0.2) is 48.5 Å². The fourth-order valence-electron chi connectivity index (χ4n) is 3.41. The molecule has 31 heavy (non-hydrogen) atoms. The fraction of sp³-hybridized carbons (Fsp3) is 0.318. The van der Waals surface area contributed by atoms with E-state index in [1.807, 2.05) is 26.0 Å². The van der Waals surface area contributed by atoms with Crippen molar-refractivity contribution in [1.82, 2.24) is 10.2 Å². The molecule has 9 heteroatoms. The molecule has 1 fully saturated rings. The van der Waals surface area contributed by atoms with Crippen LogP contribution in [0, 0.1) is 0 Å². The quantitative estimate of drug-likeness (QED) is 0.693. The number of urea groups is 1. The summed E-state index contributed by atoms with van der Waals surface area (Å²) in [4.78, 5) is 38.4. The van der Waals surface area contributed by atoms with E-state index in [2.05, 4.69) is 10.6 Å². The first kappa shape index (κ1) is 22.3. The van der Waals surface area contributed by atoms with Crippen molar-refractivity contribution in [3.63, 3.8) is 0 Å². The Kier molecular flexibility index (Phi) is 5.80. The molecule has 1 atom stereocenters. The summed E-state index contributed by atoms with van der Waals surface area (Å²) in [6, 6.07) is 10.9. The van der Waals surface area contributed by atoms with Crippen molar-refractivity contribution in [2.24, 2.45) is 0 Å². The molecule has 2 aromatic rings. The first-order valence-electron chi connectivity index (χ1n) is 9.64. The molecule has 0 saturated carbocycles. The second-order valence-corrected chi connectivity index (χ2v) is 7.81. The largest absolute Gasteiger partial charge is 0.418 e. The van der Waals surface area contributed by atoms with E-state index in [1.165, 1.54) is 19.1 Å². The molecule has 3 rings (SSSR count). The zero-order chi connectivity index (χ0) is 23.0. The second kappa shape index (κ2) is 8.05. The molecule has 2 N–H and O–H groups in total. The van der Waals surface area contributed by atoms with Crippen molar-refractivity contribution >= 4 is 23.5 Å². The highest BCUT2D eigenvalue weighted by Crippen LogP contribution is 2.35. The van der Waals surface area contributed by atoms with E-state index in [0.29, 0.717) is 10.5 Å². The van der Waals surface area contributed by atoms with Crippen LogP contribution in [-0.2, 0) is 21.3 Å². The first-order chi connectivity index (χ1) is 14.4. The van der Waals surface area contributed by atoms with Gasteiger partial charge in [-0.2, -0.15) is 13.2 Å². The Morgan fingerprint density at radius 3 is 2.29 bits per heavy atom. The van der Waals surface area contributed by atoms with Crippen LogP contribution >= 0.6 is 0 Å². The van der Waals surface area contributed by atoms with E-state index in [9.17, 15) is 27.6 Å². The number of benzene rings is 2. The summed E-state index contributed by atoms with van der Waals surface area (Å²) in [5.74, 6) is -1.29. The summed E-state index contributed by atoms with van der Waals surface area (Å²) in [5, 5.41) is 4.72. The zero-order valence-electron chi connectivity index (χ0n) is 17.2. The Balaban J connectivity index is 1.77. The van der Waals surface area contributed by atoms with Crippen molar-refractivity contribution < 1.29 is 27.6 Å². The lowest BCUT2D eigenvalue weighted by Gasteiger charge is -2.23. The molecular formula is C22H22F3N3O3. The van der Waals surface area contributed by atoms with E-state index in [0.717, 1.165) is 17.7 Å². The van der Waals surface area contributed by atoms with Crippen LogP contribution in [0.2, 0.25) is 0 Å². The molecule has 6 nitrogen and oxygen atoms in total. The third-order valence-electron chi connectivity index (χ3n) is 5.24. The average molecular weight is 433 g/mol. The number of alkyl halides is 3. The smallest absolute Gasteiger partial charge is 0.324 e. The molecule has 1 aliphatic rings. The van der Waals surface area contributed by atoms with Gasteiger partial charge in [-0.25, -0.2) is 4.79 Å². The maximum absolute atomic E-state index is 13.1.